The highest BCUT2D eigenvalue weighted by molar-refractivity contribution is 7.98. The predicted molar refractivity (Wildman–Crippen MR) is 74.1 cm³/mol. The highest BCUT2D eigenvalue weighted by atomic mass is 32.2. The number of rotatable bonds is 4. The summed E-state index contributed by atoms with van der Waals surface area (Å²) in [7, 11) is 0. The summed E-state index contributed by atoms with van der Waals surface area (Å²) in [5.74, 6) is 0.896. The molecule has 1 N–H and O–H groups in total. The number of aliphatic hydroxyl groups excluding tert-OH is 1. The van der Waals surface area contributed by atoms with Gasteiger partial charge in [-0.15, -0.1) is 0 Å². The number of hydrogen-bond donors (Lipinski definition) is 1. The first-order valence-corrected chi connectivity index (χ1v) is 7.49. The largest absolute Gasteiger partial charge is 0.391 e. The molecule has 5 nitrogen and oxygen atoms in total. The lowest BCUT2D eigenvalue weighted by atomic mass is 10.2. The van der Waals surface area contributed by atoms with Crippen LogP contribution in [0, 0.1) is 0 Å². The summed E-state index contributed by atoms with van der Waals surface area (Å²) in [6.45, 7) is 7.32. The van der Waals surface area contributed by atoms with Crippen molar-refractivity contribution in [2.45, 2.75) is 18.7 Å². The maximum absolute atomic E-state index is 9.39. The molecule has 1 aliphatic rings. The quantitative estimate of drug-likeness (QED) is 0.645. The van der Waals surface area contributed by atoms with Crippen LogP contribution in [0.3, 0.4) is 0 Å². The lowest BCUT2D eigenvalue weighted by Crippen LogP contribution is -2.46. The van der Waals surface area contributed by atoms with Crippen molar-refractivity contribution in [1.82, 2.24) is 14.9 Å². The van der Waals surface area contributed by atoms with E-state index >= 15 is 0 Å². The minimum atomic E-state index is -0.00200. The van der Waals surface area contributed by atoms with E-state index in [4.69, 9.17) is 0 Å². The number of anilines is 1. The molecule has 1 saturated heterocycles. The van der Waals surface area contributed by atoms with Gasteiger partial charge in [-0.05, 0) is 12.8 Å². The van der Waals surface area contributed by atoms with Crippen molar-refractivity contribution in [3.63, 3.8) is 0 Å². The maximum Gasteiger partial charge on any atom is 0.189 e. The summed E-state index contributed by atoms with van der Waals surface area (Å²) < 4.78 is 0. The lowest BCUT2D eigenvalue weighted by Gasteiger charge is -2.35. The zero-order valence-electron chi connectivity index (χ0n) is 11.0. The summed E-state index contributed by atoms with van der Waals surface area (Å²) in [5.41, 5.74) is 0.817. The number of nitrogens with zero attached hydrogens (tertiary/aromatic N) is 4. The Bertz CT molecular complexity index is 394. The Morgan fingerprint density at radius 3 is 2.61 bits per heavy atom. The van der Waals surface area contributed by atoms with E-state index in [2.05, 4.69) is 26.7 Å². The summed E-state index contributed by atoms with van der Waals surface area (Å²) in [6, 6.07) is 0. The Morgan fingerprint density at radius 2 is 2.06 bits per heavy atom. The van der Waals surface area contributed by atoms with Crippen molar-refractivity contribution in [2.75, 3.05) is 43.9 Å². The highest BCUT2D eigenvalue weighted by Gasteiger charge is 2.19. The van der Waals surface area contributed by atoms with Crippen LogP contribution in [-0.4, -0.2) is 59.0 Å². The van der Waals surface area contributed by atoms with Gasteiger partial charge in [-0.25, -0.2) is 9.97 Å². The average Bonchev–Trinajstić information content (AvgIpc) is 2.46. The molecule has 0 aromatic carbocycles. The number of hydrogen-bond acceptors (Lipinski definition) is 6. The molecular formula is C12H20N4OS. The zero-order chi connectivity index (χ0) is 13.0. The zero-order valence-corrected chi connectivity index (χ0v) is 11.8. The Kier molecular flexibility index (Phi) is 4.79. The molecule has 0 aliphatic carbocycles. The SMILES string of the molecule is CCN1CCN(c2nc(SC)ncc2CO)CC1. The smallest absolute Gasteiger partial charge is 0.189 e. The molecule has 2 rings (SSSR count). The normalized spacial score (nSPS) is 17.2. The molecule has 2 heterocycles. The molecular weight excluding hydrogens is 248 g/mol. The van der Waals surface area contributed by atoms with E-state index in [-0.39, 0.29) is 6.61 Å². The fraction of sp³-hybridized carbons (Fsp3) is 0.667. The van der Waals surface area contributed by atoms with Crippen LogP contribution in [0.15, 0.2) is 11.4 Å². The summed E-state index contributed by atoms with van der Waals surface area (Å²) in [6.07, 6.45) is 3.70. The van der Waals surface area contributed by atoms with Crippen molar-refractivity contribution in [1.29, 1.82) is 0 Å². The van der Waals surface area contributed by atoms with E-state index < -0.39 is 0 Å². The molecule has 0 spiro atoms. The Morgan fingerprint density at radius 1 is 1.33 bits per heavy atom. The molecule has 0 unspecified atom stereocenters. The van der Waals surface area contributed by atoms with Crippen molar-refractivity contribution in [3.8, 4) is 0 Å². The molecule has 100 valence electrons. The van der Waals surface area contributed by atoms with E-state index in [0.717, 1.165) is 49.3 Å². The fourth-order valence-electron chi connectivity index (χ4n) is 2.14. The molecule has 1 fully saturated rings. The monoisotopic (exact) mass is 268 g/mol. The van der Waals surface area contributed by atoms with Gasteiger partial charge in [0.05, 0.1) is 6.61 Å². The number of piperazine rings is 1. The maximum atomic E-state index is 9.39. The van der Waals surface area contributed by atoms with E-state index in [1.807, 2.05) is 6.26 Å². The second-order valence-electron chi connectivity index (χ2n) is 4.28. The van der Waals surface area contributed by atoms with E-state index in [9.17, 15) is 5.11 Å². The number of thioether (sulfide) groups is 1. The highest BCUT2D eigenvalue weighted by Crippen LogP contribution is 2.21. The molecule has 0 bridgehead atoms. The van der Waals surface area contributed by atoms with Gasteiger partial charge < -0.3 is 14.9 Å². The van der Waals surface area contributed by atoms with Gasteiger partial charge in [0.2, 0.25) is 0 Å². The molecule has 1 aromatic rings. The minimum absolute atomic E-state index is 0.00200. The van der Waals surface area contributed by atoms with Crippen molar-refractivity contribution >= 4 is 17.6 Å². The molecule has 0 atom stereocenters. The van der Waals surface area contributed by atoms with E-state index in [0.29, 0.717) is 0 Å². The molecule has 6 heteroatoms. The lowest BCUT2D eigenvalue weighted by molar-refractivity contribution is 0.265. The van der Waals surface area contributed by atoms with Gasteiger partial charge >= 0.3 is 0 Å². The van der Waals surface area contributed by atoms with Crippen molar-refractivity contribution in [2.24, 2.45) is 0 Å². The molecule has 1 aliphatic heterocycles. The van der Waals surface area contributed by atoms with Gasteiger partial charge in [-0.2, -0.15) is 0 Å². The van der Waals surface area contributed by atoms with Gasteiger partial charge in [0.1, 0.15) is 5.82 Å². The first-order chi connectivity index (χ1) is 8.78. The molecule has 18 heavy (non-hydrogen) atoms. The van der Waals surface area contributed by atoms with Gasteiger partial charge in [-0.3, -0.25) is 0 Å². The van der Waals surface area contributed by atoms with E-state index in [1.165, 1.54) is 11.8 Å². The van der Waals surface area contributed by atoms with Crippen LogP contribution in [0.4, 0.5) is 5.82 Å². The minimum Gasteiger partial charge on any atom is -0.391 e. The fourth-order valence-corrected chi connectivity index (χ4v) is 2.48. The Hall–Kier alpha value is -0.850. The number of likely N-dealkylation sites (N-methyl/N-ethyl adjacent to an activating group) is 1. The first kappa shape index (κ1) is 13.6. The van der Waals surface area contributed by atoms with Crippen LogP contribution >= 0.6 is 11.8 Å². The molecule has 0 radical (unpaired) electrons. The van der Waals surface area contributed by atoms with Crippen LogP contribution < -0.4 is 4.90 Å². The third kappa shape index (κ3) is 2.93. The van der Waals surface area contributed by atoms with Gasteiger partial charge in [-0.1, -0.05) is 18.7 Å². The molecule has 1 aromatic heterocycles. The van der Waals surface area contributed by atoms with Crippen LogP contribution in [-0.2, 0) is 6.61 Å². The second-order valence-corrected chi connectivity index (χ2v) is 5.06. The topological polar surface area (TPSA) is 52.5 Å². The van der Waals surface area contributed by atoms with Gasteiger partial charge in [0.15, 0.2) is 5.16 Å². The molecule has 0 saturated carbocycles. The standard InChI is InChI=1S/C12H20N4OS/c1-3-15-4-6-16(7-5-15)11-10(9-17)8-13-12(14-11)18-2/h8,17H,3-7,9H2,1-2H3. The molecule has 0 amide bonds. The third-order valence-electron chi connectivity index (χ3n) is 3.29. The van der Waals surface area contributed by atoms with Gasteiger partial charge in [0, 0.05) is 37.9 Å². The van der Waals surface area contributed by atoms with E-state index in [1.54, 1.807) is 6.20 Å². The summed E-state index contributed by atoms with van der Waals surface area (Å²) in [5, 5.41) is 10.2. The van der Waals surface area contributed by atoms with Crippen molar-refractivity contribution in [3.05, 3.63) is 11.8 Å². The van der Waals surface area contributed by atoms with Crippen molar-refractivity contribution < 1.29 is 5.11 Å². The third-order valence-corrected chi connectivity index (χ3v) is 3.85. The van der Waals surface area contributed by atoms with Gasteiger partial charge in [0.25, 0.3) is 0 Å². The predicted octanol–water partition coefficient (Wildman–Crippen LogP) is 0.833. The Balaban J connectivity index is 2.16. The second kappa shape index (κ2) is 6.36. The average molecular weight is 268 g/mol. The summed E-state index contributed by atoms with van der Waals surface area (Å²) in [4.78, 5) is 13.4. The van der Waals surface area contributed by atoms with Crippen LogP contribution in [0.2, 0.25) is 0 Å². The van der Waals surface area contributed by atoms with Crippen LogP contribution in [0.1, 0.15) is 12.5 Å². The number of aliphatic hydroxyl groups is 1. The number of aromatic nitrogens is 2. The first-order valence-electron chi connectivity index (χ1n) is 6.26. The Labute approximate surface area is 112 Å². The van der Waals surface area contributed by atoms with Crippen LogP contribution in [0.25, 0.3) is 0 Å². The summed E-state index contributed by atoms with van der Waals surface area (Å²) >= 11 is 1.53. The van der Waals surface area contributed by atoms with Crippen LogP contribution in [0.5, 0.6) is 0 Å².